The molecule has 2 aromatic rings. The topological polar surface area (TPSA) is 38.8 Å². The van der Waals surface area contributed by atoms with Crippen LogP contribution in [0.1, 0.15) is 46.3 Å². The van der Waals surface area contributed by atoms with Crippen molar-refractivity contribution in [3.05, 3.63) is 69.2 Å². The van der Waals surface area contributed by atoms with Crippen LogP contribution in [-0.2, 0) is 11.2 Å². The number of hydrogen-bond donors (Lipinski definition) is 0. The van der Waals surface area contributed by atoms with Crippen LogP contribution in [-0.4, -0.2) is 50.4 Å². The summed E-state index contributed by atoms with van der Waals surface area (Å²) in [6.07, 6.45) is 3.59. The molecule has 0 bridgehead atoms. The number of benzene rings is 2. The normalized spacial score (nSPS) is 17.0. The summed E-state index contributed by atoms with van der Waals surface area (Å²) in [5.41, 5.74) is 5.11. The quantitative estimate of drug-likeness (QED) is 0.491. The predicted octanol–water partition coefficient (Wildman–Crippen LogP) is 5.39. The fourth-order valence-corrected chi connectivity index (χ4v) is 5.01. The van der Waals surface area contributed by atoms with E-state index in [-0.39, 0.29) is 18.7 Å². The number of hydrogen-bond acceptors (Lipinski definition) is 4. The lowest BCUT2D eigenvalue weighted by atomic mass is 9.92. The van der Waals surface area contributed by atoms with Gasteiger partial charge in [0.15, 0.2) is 0 Å². The van der Waals surface area contributed by atoms with Gasteiger partial charge in [-0.2, -0.15) is 0 Å². The van der Waals surface area contributed by atoms with Crippen LogP contribution in [0, 0.1) is 0 Å². The van der Waals surface area contributed by atoms with E-state index in [2.05, 4.69) is 33.0 Å². The highest BCUT2D eigenvalue weighted by molar-refractivity contribution is 9.11. The molecule has 1 fully saturated rings. The lowest BCUT2D eigenvalue weighted by Crippen LogP contribution is -2.53. The molecule has 0 atom stereocenters. The first kappa shape index (κ1) is 22.0. The van der Waals surface area contributed by atoms with Gasteiger partial charge >= 0.3 is 5.97 Å². The number of alkyl halides is 1. The smallest absolute Gasteiger partial charge is 0.337 e. The SMILES string of the molecule is COC(=O)c1ccc2c(c1)CCCC(Br)=C2c1cccc(OC2CN(CCCF)C2)c1. The molecule has 0 saturated carbocycles. The van der Waals surface area contributed by atoms with E-state index in [1.807, 2.05) is 30.3 Å². The van der Waals surface area contributed by atoms with Crippen molar-refractivity contribution in [3.63, 3.8) is 0 Å². The van der Waals surface area contributed by atoms with Crippen LogP contribution < -0.4 is 4.74 Å². The molecule has 1 heterocycles. The Morgan fingerprint density at radius 1 is 1.19 bits per heavy atom. The number of fused-ring (bicyclic) bond motifs is 1. The average Bonchev–Trinajstić information content (AvgIpc) is 2.92. The maximum atomic E-state index is 12.3. The minimum Gasteiger partial charge on any atom is -0.488 e. The fraction of sp³-hybridized carbons (Fsp3) is 0.400. The second-order valence-corrected chi connectivity index (χ2v) is 9.02. The second-order valence-electron chi connectivity index (χ2n) is 8.07. The number of nitrogens with zero attached hydrogens (tertiary/aromatic N) is 1. The van der Waals surface area contributed by atoms with Crippen molar-refractivity contribution in [2.24, 2.45) is 0 Å². The van der Waals surface area contributed by atoms with E-state index >= 15 is 0 Å². The molecule has 1 aliphatic heterocycles. The van der Waals surface area contributed by atoms with Gasteiger partial charge in [-0.15, -0.1) is 0 Å². The number of allylic oxidation sites excluding steroid dienone is 1. The van der Waals surface area contributed by atoms with Crippen LogP contribution in [0.3, 0.4) is 0 Å². The molecule has 2 aromatic carbocycles. The lowest BCUT2D eigenvalue weighted by molar-refractivity contribution is 0.0184. The number of methoxy groups -OCH3 is 1. The van der Waals surface area contributed by atoms with Crippen molar-refractivity contribution in [3.8, 4) is 5.75 Å². The Labute approximate surface area is 191 Å². The van der Waals surface area contributed by atoms with Gasteiger partial charge < -0.3 is 9.47 Å². The van der Waals surface area contributed by atoms with Crippen LogP contribution in [0.25, 0.3) is 5.57 Å². The zero-order valence-corrected chi connectivity index (χ0v) is 19.3. The molecule has 1 saturated heterocycles. The van der Waals surface area contributed by atoms with Crippen molar-refractivity contribution in [1.82, 2.24) is 4.90 Å². The van der Waals surface area contributed by atoms with Crippen LogP contribution in [0.15, 0.2) is 46.9 Å². The summed E-state index contributed by atoms with van der Waals surface area (Å²) in [6, 6.07) is 14.0. The summed E-state index contributed by atoms with van der Waals surface area (Å²) >= 11 is 3.81. The van der Waals surface area contributed by atoms with Crippen LogP contribution in [0.4, 0.5) is 4.39 Å². The van der Waals surface area contributed by atoms with Crippen LogP contribution in [0.2, 0.25) is 0 Å². The molecule has 0 aromatic heterocycles. The molecule has 0 radical (unpaired) electrons. The molecule has 164 valence electrons. The summed E-state index contributed by atoms with van der Waals surface area (Å²) in [7, 11) is 1.41. The third kappa shape index (κ3) is 5.01. The van der Waals surface area contributed by atoms with Crippen molar-refractivity contribution in [2.75, 3.05) is 33.4 Å². The number of halogens is 2. The first-order valence-corrected chi connectivity index (χ1v) is 11.5. The zero-order chi connectivity index (χ0) is 21.8. The number of likely N-dealkylation sites (tertiary alicyclic amines) is 1. The largest absolute Gasteiger partial charge is 0.488 e. The summed E-state index contributed by atoms with van der Waals surface area (Å²) in [5.74, 6) is 0.533. The first-order chi connectivity index (χ1) is 15.1. The van der Waals surface area contributed by atoms with Gasteiger partial charge in [-0.1, -0.05) is 34.1 Å². The van der Waals surface area contributed by atoms with Gasteiger partial charge in [0.05, 0.1) is 19.3 Å². The first-order valence-electron chi connectivity index (χ1n) is 10.7. The zero-order valence-electron chi connectivity index (χ0n) is 17.7. The number of rotatable bonds is 7. The van der Waals surface area contributed by atoms with E-state index in [0.717, 1.165) is 71.4 Å². The van der Waals surface area contributed by atoms with E-state index in [1.165, 1.54) is 7.11 Å². The number of aryl methyl sites for hydroxylation is 1. The standard InChI is InChI=1S/C25H27BrFNO3/c1-30-25(29)19-9-10-22-17(13-19)5-3-8-23(26)24(22)18-6-2-7-20(14-18)31-21-15-28(16-21)12-4-11-27/h2,6-7,9-10,13-14,21H,3-5,8,11-12,15-16H2,1H3. The van der Waals surface area contributed by atoms with E-state index in [4.69, 9.17) is 9.47 Å². The Morgan fingerprint density at radius 3 is 2.81 bits per heavy atom. The van der Waals surface area contributed by atoms with Gasteiger partial charge in [0.2, 0.25) is 0 Å². The summed E-state index contributed by atoms with van der Waals surface area (Å²) < 4.78 is 24.6. The molecule has 6 heteroatoms. The molecule has 2 aliphatic rings. The number of carbonyl (C=O) groups excluding carboxylic acids is 1. The van der Waals surface area contributed by atoms with Crippen LogP contribution in [0.5, 0.6) is 5.75 Å². The maximum absolute atomic E-state index is 12.3. The molecule has 31 heavy (non-hydrogen) atoms. The molecule has 0 amide bonds. The molecular formula is C25H27BrFNO3. The van der Waals surface area contributed by atoms with Crippen molar-refractivity contribution in [1.29, 1.82) is 0 Å². The number of carbonyl (C=O) groups is 1. The lowest BCUT2D eigenvalue weighted by Gasteiger charge is -2.38. The van der Waals surface area contributed by atoms with Gasteiger partial charge in [-0.05, 0) is 72.2 Å². The van der Waals surface area contributed by atoms with E-state index in [9.17, 15) is 9.18 Å². The molecule has 0 spiro atoms. The van der Waals surface area contributed by atoms with Crippen LogP contribution >= 0.6 is 15.9 Å². The Bertz CT molecular complexity index is 984. The molecular weight excluding hydrogens is 461 g/mol. The molecule has 1 aliphatic carbocycles. The molecule has 4 rings (SSSR count). The van der Waals surface area contributed by atoms with E-state index < -0.39 is 0 Å². The highest BCUT2D eigenvalue weighted by Gasteiger charge is 2.28. The Morgan fingerprint density at radius 2 is 2.03 bits per heavy atom. The Hall–Kier alpha value is -2.18. The summed E-state index contributed by atoms with van der Waals surface area (Å²) in [4.78, 5) is 14.2. The van der Waals surface area contributed by atoms with Crippen molar-refractivity contribution in [2.45, 2.75) is 31.8 Å². The summed E-state index contributed by atoms with van der Waals surface area (Å²) in [5, 5.41) is 0. The third-order valence-corrected chi connectivity index (χ3v) is 6.66. The Kier molecular flexibility index (Phi) is 7.08. The third-order valence-electron chi connectivity index (χ3n) is 5.87. The maximum Gasteiger partial charge on any atom is 0.337 e. The molecule has 0 N–H and O–H groups in total. The minimum atomic E-state index is -0.312. The van der Waals surface area contributed by atoms with Gasteiger partial charge in [0, 0.05) is 24.1 Å². The van der Waals surface area contributed by atoms with Gasteiger partial charge in [-0.25, -0.2) is 4.79 Å². The molecule has 4 nitrogen and oxygen atoms in total. The van der Waals surface area contributed by atoms with Gasteiger partial charge in [0.25, 0.3) is 0 Å². The van der Waals surface area contributed by atoms with Gasteiger partial charge in [-0.3, -0.25) is 9.29 Å². The van der Waals surface area contributed by atoms with Gasteiger partial charge in [0.1, 0.15) is 11.9 Å². The molecule has 0 unspecified atom stereocenters. The Balaban J connectivity index is 1.56. The van der Waals surface area contributed by atoms with Crippen molar-refractivity contribution >= 4 is 27.5 Å². The second kappa shape index (κ2) is 9.96. The van der Waals surface area contributed by atoms with Crippen molar-refractivity contribution < 1.29 is 18.7 Å². The summed E-state index contributed by atoms with van der Waals surface area (Å²) in [6.45, 7) is 2.21. The fourth-order valence-electron chi connectivity index (χ4n) is 4.29. The predicted molar refractivity (Wildman–Crippen MR) is 124 cm³/mol. The van der Waals surface area contributed by atoms with E-state index in [1.54, 1.807) is 0 Å². The monoisotopic (exact) mass is 487 g/mol. The minimum absolute atomic E-state index is 0.149. The highest BCUT2D eigenvalue weighted by atomic mass is 79.9. The van der Waals surface area contributed by atoms with E-state index in [0.29, 0.717) is 12.0 Å². The average molecular weight is 488 g/mol. The highest BCUT2D eigenvalue weighted by Crippen LogP contribution is 2.39. The number of ether oxygens (including phenoxy) is 2. The number of esters is 1.